The van der Waals surface area contributed by atoms with Gasteiger partial charge in [-0.05, 0) is 72.0 Å². The number of hydrogen-bond acceptors (Lipinski definition) is 3. The van der Waals surface area contributed by atoms with Crippen LogP contribution >= 0.6 is 11.6 Å². The first-order chi connectivity index (χ1) is 16.7. The topological polar surface area (TPSA) is 24.5 Å². The van der Waals surface area contributed by atoms with Crippen LogP contribution in [0, 0.1) is 5.82 Å². The molecule has 0 aromatic heterocycles. The molecule has 1 saturated heterocycles. The molecular weight excluding hydrogens is 447 g/mol. The second kappa shape index (κ2) is 10.4. The molecule has 0 radical (unpaired) electrons. The lowest BCUT2D eigenvalue weighted by molar-refractivity contribution is 0.303. The molecule has 1 aliphatic heterocycles. The van der Waals surface area contributed by atoms with Gasteiger partial charge in [-0.2, -0.15) is 0 Å². The molecule has 4 aromatic carbocycles. The third-order valence-corrected chi connectivity index (χ3v) is 6.72. The molecule has 0 saturated carbocycles. The summed E-state index contributed by atoms with van der Waals surface area (Å²) in [4.78, 5) is 2.38. The maximum absolute atomic E-state index is 13.2. The number of fused-ring (bicyclic) bond motifs is 1. The maximum atomic E-state index is 13.2. The van der Waals surface area contributed by atoms with Gasteiger partial charge in [0, 0.05) is 30.9 Å². The standard InChI is InChI=1S/C29H28ClFN2O/c30-27-18-24(13-14-28(27)33-16-4-1-5-17-33)32-19-26-25-7-3-2-6-22(25)10-15-29(26)34-20-21-8-11-23(31)12-9-21/h2-3,6-15,18,32H,1,4-5,16-17,19-20H2. The average molecular weight is 475 g/mol. The number of rotatable bonds is 7. The molecular formula is C29H28ClFN2O. The van der Waals surface area contributed by atoms with Gasteiger partial charge in [-0.15, -0.1) is 0 Å². The van der Waals surface area contributed by atoms with E-state index in [1.54, 1.807) is 12.1 Å². The molecule has 0 amide bonds. The first-order valence-electron chi connectivity index (χ1n) is 11.8. The Morgan fingerprint density at radius 2 is 1.68 bits per heavy atom. The van der Waals surface area contributed by atoms with E-state index in [-0.39, 0.29) is 5.82 Å². The van der Waals surface area contributed by atoms with Crippen LogP contribution in [0.5, 0.6) is 5.75 Å². The molecule has 1 N–H and O–H groups in total. The van der Waals surface area contributed by atoms with Crippen LogP contribution in [0.2, 0.25) is 5.02 Å². The van der Waals surface area contributed by atoms with Gasteiger partial charge in [-0.3, -0.25) is 0 Å². The van der Waals surface area contributed by atoms with Crippen molar-refractivity contribution in [1.29, 1.82) is 0 Å². The van der Waals surface area contributed by atoms with Crippen LogP contribution in [0.15, 0.2) is 78.9 Å². The zero-order valence-corrected chi connectivity index (χ0v) is 19.8. The number of nitrogens with one attached hydrogen (secondary N) is 1. The third-order valence-electron chi connectivity index (χ3n) is 6.42. The molecule has 4 aromatic rings. The minimum Gasteiger partial charge on any atom is -0.489 e. The van der Waals surface area contributed by atoms with E-state index in [1.165, 1.54) is 31.4 Å². The number of piperidine rings is 1. The van der Waals surface area contributed by atoms with Gasteiger partial charge in [0.15, 0.2) is 0 Å². The smallest absolute Gasteiger partial charge is 0.125 e. The van der Waals surface area contributed by atoms with E-state index in [0.717, 1.165) is 57.1 Å². The van der Waals surface area contributed by atoms with E-state index in [2.05, 4.69) is 40.5 Å². The molecule has 1 fully saturated rings. The highest BCUT2D eigenvalue weighted by Gasteiger charge is 2.15. The highest BCUT2D eigenvalue weighted by Crippen LogP contribution is 2.33. The van der Waals surface area contributed by atoms with Gasteiger partial charge >= 0.3 is 0 Å². The van der Waals surface area contributed by atoms with Crippen molar-refractivity contribution in [3.05, 3.63) is 101 Å². The Hall–Kier alpha value is -3.24. The van der Waals surface area contributed by atoms with Gasteiger partial charge in [0.2, 0.25) is 0 Å². The summed E-state index contributed by atoms with van der Waals surface area (Å²) >= 11 is 6.67. The van der Waals surface area contributed by atoms with Crippen LogP contribution in [-0.2, 0) is 13.2 Å². The number of hydrogen-bond donors (Lipinski definition) is 1. The van der Waals surface area contributed by atoms with Crippen molar-refractivity contribution in [2.75, 3.05) is 23.3 Å². The second-order valence-corrected chi connectivity index (χ2v) is 9.15. The van der Waals surface area contributed by atoms with E-state index < -0.39 is 0 Å². The molecule has 34 heavy (non-hydrogen) atoms. The van der Waals surface area contributed by atoms with Crippen molar-refractivity contribution in [2.24, 2.45) is 0 Å². The number of benzene rings is 4. The Balaban J connectivity index is 1.36. The van der Waals surface area contributed by atoms with Gasteiger partial charge < -0.3 is 15.0 Å². The fraction of sp³-hybridized carbons (Fsp3) is 0.241. The van der Waals surface area contributed by atoms with Crippen molar-refractivity contribution in [3.8, 4) is 5.75 Å². The molecule has 0 atom stereocenters. The normalized spacial score (nSPS) is 13.8. The Morgan fingerprint density at radius 3 is 2.47 bits per heavy atom. The molecule has 0 unspecified atom stereocenters. The zero-order chi connectivity index (χ0) is 23.3. The minimum atomic E-state index is -0.246. The van der Waals surface area contributed by atoms with E-state index in [0.29, 0.717) is 13.2 Å². The van der Waals surface area contributed by atoms with Crippen molar-refractivity contribution >= 4 is 33.7 Å². The Bertz CT molecular complexity index is 1270. The first-order valence-corrected chi connectivity index (χ1v) is 12.2. The summed E-state index contributed by atoms with van der Waals surface area (Å²) in [6.07, 6.45) is 3.74. The van der Waals surface area contributed by atoms with Crippen LogP contribution < -0.4 is 15.0 Å². The largest absolute Gasteiger partial charge is 0.489 e. The lowest BCUT2D eigenvalue weighted by atomic mass is 10.0. The summed E-state index contributed by atoms with van der Waals surface area (Å²) in [6.45, 7) is 3.11. The van der Waals surface area contributed by atoms with E-state index in [1.807, 2.05) is 24.3 Å². The van der Waals surface area contributed by atoms with Crippen molar-refractivity contribution < 1.29 is 9.13 Å². The Labute approximate surface area is 205 Å². The summed E-state index contributed by atoms with van der Waals surface area (Å²) in [5, 5.41) is 6.61. The van der Waals surface area contributed by atoms with Gasteiger partial charge in [0.1, 0.15) is 18.2 Å². The average Bonchev–Trinajstić information content (AvgIpc) is 2.88. The van der Waals surface area contributed by atoms with E-state index in [9.17, 15) is 4.39 Å². The third kappa shape index (κ3) is 5.13. The quantitative estimate of drug-likeness (QED) is 0.295. The van der Waals surface area contributed by atoms with Gasteiger partial charge in [0.05, 0.1) is 10.7 Å². The van der Waals surface area contributed by atoms with Crippen LogP contribution in [0.1, 0.15) is 30.4 Å². The summed E-state index contributed by atoms with van der Waals surface area (Å²) in [5.74, 6) is 0.566. The van der Waals surface area contributed by atoms with Crippen molar-refractivity contribution in [3.63, 3.8) is 0 Å². The van der Waals surface area contributed by atoms with Crippen LogP contribution in [0.3, 0.4) is 0 Å². The molecule has 0 aliphatic carbocycles. The monoisotopic (exact) mass is 474 g/mol. The molecule has 1 aliphatic rings. The number of nitrogens with zero attached hydrogens (tertiary/aromatic N) is 1. The van der Waals surface area contributed by atoms with E-state index in [4.69, 9.17) is 16.3 Å². The van der Waals surface area contributed by atoms with Crippen molar-refractivity contribution in [2.45, 2.75) is 32.4 Å². The first kappa shape index (κ1) is 22.5. The predicted molar refractivity (Wildman–Crippen MR) is 140 cm³/mol. The fourth-order valence-corrected chi connectivity index (χ4v) is 4.87. The molecule has 1 heterocycles. The van der Waals surface area contributed by atoms with Gasteiger partial charge in [-0.1, -0.05) is 54.1 Å². The van der Waals surface area contributed by atoms with Gasteiger partial charge in [0.25, 0.3) is 0 Å². The fourth-order valence-electron chi connectivity index (χ4n) is 4.57. The lowest BCUT2D eigenvalue weighted by Gasteiger charge is -2.29. The molecule has 3 nitrogen and oxygen atoms in total. The lowest BCUT2D eigenvalue weighted by Crippen LogP contribution is -2.29. The second-order valence-electron chi connectivity index (χ2n) is 8.75. The zero-order valence-electron chi connectivity index (χ0n) is 19.1. The summed E-state index contributed by atoms with van der Waals surface area (Å²) in [5.41, 5.74) is 4.09. The highest BCUT2D eigenvalue weighted by atomic mass is 35.5. The van der Waals surface area contributed by atoms with Crippen LogP contribution in [-0.4, -0.2) is 13.1 Å². The molecule has 174 valence electrons. The van der Waals surface area contributed by atoms with Crippen LogP contribution in [0.4, 0.5) is 15.8 Å². The maximum Gasteiger partial charge on any atom is 0.125 e. The Kier molecular flexibility index (Phi) is 6.87. The predicted octanol–water partition coefficient (Wildman–Crippen LogP) is 7.81. The highest BCUT2D eigenvalue weighted by molar-refractivity contribution is 6.33. The molecule has 0 bridgehead atoms. The minimum absolute atomic E-state index is 0.246. The van der Waals surface area contributed by atoms with Crippen LogP contribution in [0.25, 0.3) is 10.8 Å². The summed E-state index contributed by atoms with van der Waals surface area (Å²) in [7, 11) is 0. The number of halogens is 2. The summed E-state index contributed by atoms with van der Waals surface area (Å²) in [6, 6.07) is 25.0. The van der Waals surface area contributed by atoms with Gasteiger partial charge in [-0.25, -0.2) is 4.39 Å². The SMILES string of the molecule is Fc1ccc(COc2ccc3ccccc3c2CNc2ccc(N3CCCCC3)c(Cl)c2)cc1. The molecule has 0 spiro atoms. The van der Waals surface area contributed by atoms with E-state index >= 15 is 0 Å². The Morgan fingerprint density at radius 1 is 0.882 bits per heavy atom. The molecule has 5 rings (SSSR count). The molecule has 5 heteroatoms. The number of ether oxygens (including phenoxy) is 1. The number of anilines is 2. The van der Waals surface area contributed by atoms with Crippen molar-refractivity contribution in [1.82, 2.24) is 0 Å². The summed E-state index contributed by atoms with van der Waals surface area (Å²) < 4.78 is 19.4.